The number of benzene rings is 3. The largest absolute Gasteiger partial charge is 0.497 e. The Balaban J connectivity index is 1.70. The van der Waals surface area contributed by atoms with Crippen molar-refractivity contribution in [1.29, 1.82) is 0 Å². The van der Waals surface area contributed by atoms with Gasteiger partial charge in [0.15, 0.2) is 11.6 Å². The average molecular weight is 521 g/mol. The number of ether oxygens (including phenoxy) is 1. The van der Waals surface area contributed by atoms with Gasteiger partial charge in [0, 0.05) is 17.0 Å². The minimum Gasteiger partial charge on any atom is -0.497 e. The molecule has 1 unspecified atom stereocenters. The molecule has 0 spiro atoms. The van der Waals surface area contributed by atoms with Crippen molar-refractivity contribution >= 4 is 29.1 Å². The zero-order valence-corrected chi connectivity index (χ0v) is 20.8. The molecule has 3 amide bonds. The number of nitrogens with one attached hydrogen (secondary N) is 1. The standard InChI is InChI=1S/C28H26F2N4O4/c1-16(13-17-7-12-21(29)22(30)14-17)27(36)33-26-28(37)34(15-24(31)35)23-6-4-3-5-20(23)25(32-26)18-8-10-19(38-2)11-9-18/h3-12,14,16,26H,13,15H2,1-2H3,(H2,31,35)(H,33,36)/t16-,26?/m0/s1. The van der Waals surface area contributed by atoms with Gasteiger partial charge < -0.3 is 15.8 Å². The van der Waals surface area contributed by atoms with Crippen molar-refractivity contribution in [2.24, 2.45) is 16.6 Å². The summed E-state index contributed by atoms with van der Waals surface area (Å²) in [6, 6.07) is 17.4. The molecule has 196 valence electrons. The molecule has 0 aromatic heterocycles. The molecule has 0 bridgehead atoms. The minimum atomic E-state index is -1.38. The maximum absolute atomic E-state index is 13.6. The predicted molar refractivity (Wildman–Crippen MR) is 138 cm³/mol. The number of benzodiazepines with no additional fused rings is 1. The number of hydrogen-bond donors (Lipinski definition) is 2. The number of hydrogen-bond acceptors (Lipinski definition) is 5. The van der Waals surface area contributed by atoms with E-state index in [1.807, 2.05) is 0 Å². The van der Waals surface area contributed by atoms with Crippen LogP contribution in [0.4, 0.5) is 14.5 Å². The third kappa shape index (κ3) is 5.69. The van der Waals surface area contributed by atoms with E-state index < -0.39 is 48.0 Å². The second-order valence-corrected chi connectivity index (χ2v) is 8.88. The number of anilines is 1. The fourth-order valence-corrected chi connectivity index (χ4v) is 4.21. The second kappa shape index (κ2) is 11.2. The number of amides is 3. The van der Waals surface area contributed by atoms with Crippen molar-refractivity contribution in [3.05, 3.63) is 95.1 Å². The third-order valence-corrected chi connectivity index (χ3v) is 6.14. The van der Waals surface area contributed by atoms with Crippen LogP contribution in [0.2, 0.25) is 0 Å². The summed E-state index contributed by atoms with van der Waals surface area (Å²) in [7, 11) is 1.54. The maximum atomic E-state index is 13.6. The number of rotatable bonds is 8. The Morgan fingerprint density at radius 2 is 1.79 bits per heavy atom. The van der Waals surface area contributed by atoms with Gasteiger partial charge in [0.2, 0.25) is 18.0 Å². The van der Waals surface area contributed by atoms with E-state index in [1.54, 1.807) is 62.6 Å². The van der Waals surface area contributed by atoms with Crippen LogP contribution >= 0.6 is 0 Å². The molecule has 3 aromatic carbocycles. The number of nitrogens with zero attached hydrogens (tertiary/aromatic N) is 2. The predicted octanol–water partition coefficient (Wildman–Crippen LogP) is 2.96. The zero-order valence-electron chi connectivity index (χ0n) is 20.8. The van der Waals surface area contributed by atoms with E-state index in [1.165, 1.54) is 11.0 Å². The minimum absolute atomic E-state index is 0.101. The lowest BCUT2D eigenvalue weighted by Gasteiger charge is -2.24. The van der Waals surface area contributed by atoms with Gasteiger partial charge in [-0.2, -0.15) is 0 Å². The molecule has 0 fully saturated rings. The number of para-hydroxylation sites is 1. The van der Waals surface area contributed by atoms with Gasteiger partial charge in [-0.3, -0.25) is 19.3 Å². The van der Waals surface area contributed by atoms with Gasteiger partial charge >= 0.3 is 0 Å². The monoisotopic (exact) mass is 520 g/mol. The van der Waals surface area contributed by atoms with Crippen LogP contribution in [0.5, 0.6) is 5.75 Å². The van der Waals surface area contributed by atoms with Crippen LogP contribution in [-0.2, 0) is 20.8 Å². The molecule has 2 atom stereocenters. The topological polar surface area (TPSA) is 114 Å². The van der Waals surface area contributed by atoms with Crippen molar-refractivity contribution in [3.8, 4) is 5.75 Å². The molecule has 10 heteroatoms. The number of primary amides is 1. The average Bonchev–Trinajstić information content (AvgIpc) is 3.01. The number of carbonyl (C=O) groups excluding carboxylic acids is 3. The molecule has 1 aliphatic rings. The first-order chi connectivity index (χ1) is 18.2. The summed E-state index contributed by atoms with van der Waals surface area (Å²) in [6.07, 6.45) is -1.27. The van der Waals surface area contributed by atoms with Crippen LogP contribution in [0.15, 0.2) is 71.7 Å². The van der Waals surface area contributed by atoms with Gasteiger partial charge in [0.1, 0.15) is 12.3 Å². The number of fused-ring (bicyclic) bond motifs is 1. The molecule has 0 saturated heterocycles. The first-order valence-electron chi connectivity index (χ1n) is 11.8. The SMILES string of the molecule is COc1ccc(C2=NC(NC(=O)[C@@H](C)Cc3ccc(F)c(F)c3)C(=O)N(CC(N)=O)c3ccccc32)cc1. The van der Waals surface area contributed by atoms with E-state index in [-0.39, 0.29) is 6.42 Å². The summed E-state index contributed by atoms with van der Waals surface area (Å²) >= 11 is 0. The molecule has 3 N–H and O–H groups in total. The molecule has 3 aromatic rings. The van der Waals surface area contributed by atoms with Crippen molar-refractivity contribution in [3.63, 3.8) is 0 Å². The smallest absolute Gasteiger partial charge is 0.272 e. The number of methoxy groups -OCH3 is 1. The highest BCUT2D eigenvalue weighted by atomic mass is 19.2. The number of carbonyl (C=O) groups is 3. The molecule has 0 aliphatic carbocycles. The molecule has 8 nitrogen and oxygen atoms in total. The summed E-state index contributed by atoms with van der Waals surface area (Å²) in [5.41, 5.74) is 7.92. The Labute approximate surface area is 218 Å². The highest BCUT2D eigenvalue weighted by molar-refractivity contribution is 6.21. The van der Waals surface area contributed by atoms with Gasteiger partial charge in [-0.05, 0) is 54.4 Å². The Morgan fingerprint density at radius 1 is 1.08 bits per heavy atom. The summed E-state index contributed by atoms with van der Waals surface area (Å²) in [4.78, 5) is 44.4. The quantitative estimate of drug-likeness (QED) is 0.475. The van der Waals surface area contributed by atoms with Crippen molar-refractivity contribution < 1.29 is 27.9 Å². The van der Waals surface area contributed by atoms with Gasteiger partial charge in [0.05, 0.1) is 18.5 Å². The first-order valence-corrected chi connectivity index (χ1v) is 11.8. The highest BCUT2D eigenvalue weighted by Gasteiger charge is 2.34. The summed E-state index contributed by atoms with van der Waals surface area (Å²) < 4.78 is 32.2. The van der Waals surface area contributed by atoms with E-state index in [0.29, 0.717) is 33.8 Å². The lowest BCUT2D eigenvalue weighted by Crippen LogP contribution is -2.50. The van der Waals surface area contributed by atoms with Gasteiger partial charge in [-0.25, -0.2) is 13.8 Å². The van der Waals surface area contributed by atoms with E-state index in [9.17, 15) is 23.2 Å². The molecule has 0 radical (unpaired) electrons. The molecule has 38 heavy (non-hydrogen) atoms. The Hall–Kier alpha value is -4.60. The normalized spacial score (nSPS) is 15.7. The lowest BCUT2D eigenvalue weighted by molar-refractivity contribution is -0.129. The fraction of sp³-hybridized carbons (Fsp3) is 0.214. The fourth-order valence-electron chi connectivity index (χ4n) is 4.21. The van der Waals surface area contributed by atoms with Crippen LogP contribution < -0.4 is 20.7 Å². The Morgan fingerprint density at radius 3 is 2.45 bits per heavy atom. The third-order valence-electron chi connectivity index (χ3n) is 6.14. The van der Waals surface area contributed by atoms with Crippen molar-refractivity contribution in [2.75, 3.05) is 18.6 Å². The van der Waals surface area contributed by atoms with Gasteiger partial charge in [-0.1, -0.05) is 31.2 Å². The van der Waals surface area contributed by atoms with Crippen LogP contribution in [0, 0.1) is 17.6 Å². The number of halogens is 2. The molecule has 0 saturated carbocycles. The van der Waals surface area contributed by atoms with Crippen LogP contribution in [0.1, 0.15) is 23.6 Å². The van der Waals surface area contributed by atoms with Crippen LogP contribution in [-0.4, -0.2) is 43.3 Å². The zero-order chi connectivity index (χ0) is 27.4. The number of aliphatic imine (C=N–C) groups is 1. The van der Waals surface area contributed by atoms with E-state index in [2.05, 4.69) is 10.3 Å². The maximum Gasteiger partial charge on any atom is 0.272 e. The molecule has 1 aliphatic heterocycles. The summed E-state index contributed by atoms with van der Waals surface area (Å²) in [6.45, 7) is 1.18. The Kier molecular flexibility index (Phi) is 7.80. The van der Waals surface area contributed by atoms with E-state index in [0.717, 1.165) is 12.1 Å². The van der Waals surface area contributed by atoms with Crippen molar-refractivity contribution in [1.82, 2.24) is 5.32 Å². The molecular weight excluding hydrogens is 494 g/mol. The number of nitrogens with two attached hydrogens (primary N) is 1. The van der Waals surface area contributed by atoms with Gasteiger partial charge in [-0.15, -0.1) is 0 Å². The van der Waals surface area contributed by atoms with E-state index >= 15 is 0 Å². The van der Waals surface area contributed by atoms with Gasteiger partial charge in [0.25, 0.3) is 5.91 Å². The second-order valence-electron chi connectivity index (χ2n) is 8.88. The lowest BCUT2D eigenvalue weighted by atomic mass is 10.00. The summed E-state index contributed by atoms with van der Waals surface area (Å²) in [5, 5.41) is 2.65. The summed E-state index contributed by atoms with van der Waals surface area (Å²) in [5.74, 6) is -3.99. The highest BCUT2D eigenvalue weighted by Crippen LogP contribution is 2.29. The molecule has 1 heterocycles. The van der Waals surface area contributed by atoms with Crippen LogP contribution in [0.3, 0.4) is 0 Å². The molecule has 4 rings (SSSR count). The van der Waals surface area contributed by atoms with Crippen molar-refractivity contribution in [2.45, 2.75) is 19.5 Å². The van der Waals surface area contributed by atoms with Crippen LogP contribution in [0.25, 0.3) is 0 Å². The Bertz CT molecular complexity index is 1410. The van der Waals surface area contributed by atoms with E-state index in [4.69, 9.17) is 10.5 Å². The first kappa shape index (κ1) is 26.5. The molecular formula is C28H26F2N4O4.